The maximum atomic E-state index is 14.0. The summed E-state index contributed by atoms with van der Waals surface area (Å²) in [5, 5.41) is 13.6. The fraction of sp³-hybridized carbons (Fsp3) is 0.550. The summed E-state index contributed by atoms with van der Waals surface area (Å²) in [4.78, 5) is 20.7. The van der Waals surface area contributed by atoms with Crippen LogP contribution in [0, 0.1) is 17.6 Å². The summed E-state index contributed by atoms with van der Waals surface area (Å²) in [6.45, 7) is 1.44. The Labute approximate surface area is 179 Å². The second-order valence-corrected chi connectivity index (χ2v) is 8.22. The Hall–Kier alpha value is -2.76. The second kappa shape index (κ2) is 8.30. The number of aliphatic imine (C=N–C) groups is 2. The van der Waals surface area contributed by atoms with E-state index >= 15 is 0 Å². The van der Waals surface area contributed by atoms with Gasteiger partial charge in [-0.1, -0.05) is 6.92 Å². The van der Waals surface area contributed by atoms with Gasteiger partial charge >= 0.3 is 12.2 Å². The van der Waals surface area contributed by atoms with Crippen molar-refractivity contribution in [3.05, 3.63) is 29.3 Å². The number of nitrogens with one attached hydrogen (secondary N) is 2. The van der Waals surface area contributed by atoms with Crippen LogP contribution in [0.1, 0.15) is 31.2 Å². The van der Waals surface area contributed by atoms with Crippen LogP contribution in [-0.2, 0) is 0 Å². The van der Waals surface area contributed by atoms with Crippen LogP contribution in [-0.4, -0.2) is 60.2 Å². The lowest BCUT2D eigenvalue weighted by atomic mass is 9.81. The van der Waals surface area contributed by atoms with E-state index in [2.05, 4.69) is 15.3 Å². The summed E-state index contributed by atoms with van der Waals surface area (Å²) < 4.78 is 73.9. The fourth-order valence-corrected chi connectivity index (χ4v) is 4.08. The van der Waals surface area contributed by atoms with Gasteiger partial charge in [-0.25, -0.2) is 18.6 Å². The number of amides is 2. The molecule has 1 fully saturated rings. The Balaban J connectivity index is 1.40. The largest absolute Gasteiger partial charge is 0.484 e. The van der Waals surface area contributed by atoms with Crippen molar-refractivity contribution in [1.82, 2.24) is 10.6 Å². The minimum atomic E-state index is -4.91. The van der Waals surface area contributed by atoms with E-state index in [9.17, 15) is 31.9 Å². The van der Waals surface area contributed by atoms with Gasteiger partial charge in [0.05, 0.1) is 18.7 Å². The Bertz CT molecular complexity index is 961. The molecule has 0 bridgehead atoms. The molecule has 3 aliphatic rings. The number of aliphatic hydroxyl groups is 1. The van der Waals surface area contributed by atoms with Crippen LogP contribution in [0.2, 0.25) is 0 Å². The number of carbonyl (C=O) groups is 1. The van der Waals surface area contributed by atoms with Gasteiger partial charge in [0.15, 0.2) is 17.6 Å². The molecule has 0 aromatic heterocycles. The summed E-state index contributed by atoms with van der Waals surface area (Å²) in [5.41, 5.74) is -0.0358. The molecule has 2 heterocycles. The van der Waals surface area contributed by atoms with Gasteiger partial charge in [-0.2, -0.15) is 13.2 Å². The average molecular weight is 460 g/mol. The van der Waals surface area contributed by atoms with E-state index < -0.39 is 53.7 Å². The third-order valence-corrected chi connectivity index (χ3v) is 5.87. The minimum absolute atomic E-state index is 0.0358. The number of amidine groups is 1. The van der Waals surface area contributed by atoms with Crippen LogP contribution < -0.4 is 15.4 Å². The molecule has 1 saturated carbocycles. The van der Waals surface area contributed by atoms with E-state index in [1.54, 1.807) is 0 Å². The van der Waals surface area contributed by atoms with Crippen molar-refractivity contribution >= 4 is 18.1 Å². The number of nitrogens with zero attached hydrogens (tertiary/aromatic N) is 2. The maximum Gasteiger partial charge on any atom is 0.412 e. The smallest absolute Gasteiger partial charge is 0.412 e. The number of aliphatic hydroxyl groups excluding tert-OH is 1. The molecule has 4 rings (SSSR count). The number of halogens is 5. The van der Waals surface area contributed by atoms with Gasteiger partial charge in [-0.15, -0.1) is 0 Å². The first-order valence-electron chi connectivity index (χ1n) is 10.1. The van der Waals surface area contributed by atoms with Crippen LogP contribution in [0.3, 0.4) is 0 Å². The van der Waals surface area contributed by atoms with Crippen molar-refractivity contribution < 1.29 is 36.6 Å². The molecule has 4 atom stereocenters. The van der Waals surface area contributed by atoms with Gasteiger partial charge in [0.1, 0.15) is 17.8 Å². The molecule has 2 aliphatic heterocycles. The summed E-state index contributed by atoms with van der Waals surface area (Å²) in [7, 11) is 0. The molecule has 3 N–H and O–H groups in total. The van der Waals surface area contributed by atoms with Crippen LogP contribution in [0.15, 0.2) is 22.1 Å². The molecule has 12 heteroatoms. The number of hydrogen-bond donors (Lipinski definition) is 3. The van der Waals surface area contributed by atoms with E-state index in [-0.39, 0.29) is 24.1 Å². The Morgan fingerprint density at radius 1 is 1.28 bits per heavy atom. The summed E-state index contributed by atoms with van der Waals surface area (Å²) in [5.74, 6) is -2.93. The zero-order valence-electron chi connectivity index (χ0n) is 16.9. The van der Waals surface area contributed by atoms with Crippen LogP contribution >= 0.6 is 0 Å². The average Bonchev–Trinajstić information content (AvgIpc) is 3.00. The number of carbonyl (C=O) groups excluding carboxylic acids is 1. The standard InChI is InChI=1S/C20H21F5N4O3/c1-8-13-4-10(21)5-14(22)16(13)32-15(8)17(20(23,24)25)29-19(31)28-11-6-26-18(27-7-11)9-2-12(30)3-9/h4-6,8-9,11-12,15,17,30H,2-3,7H2,1H3,(H2,28,29,31)/t8?,9?,11?,12?,15?,17-/m1/s1. The lowest BCUT2D eigenvalue weighted by molar-refractivity contribution is -0.171. The molecule has 7 nitrogen and oxygen atoms in total. The van der Waals surface area contributed by atoms with Crippen molar-refractivity contribution in [1.29, 1.82) is 0 Å². The topological polar surface area (TPSA) is 95.3 Å². The highest BCUT2D eigenvalue weighted by molar-refractivity contribution is 5.95. The molecule has 1 aliphatic carbocycles. The van der Waals surface area contributed by atoms with Crippen LogP contribution in [0.25, 0.3) is 0 Å². The zero-order valence-corrected chi connectivity index (χ0v) is 16.9. The highest BCUT2D eigenvalue weighted by Crippen LogP contribution is 2.44. The third kappa shape index (κ3) is 4.41. The van der Waals surface area contributed by atoms with Crippen molar-refractivity contribution in [2.45, 2.75) is 56.2 Å². The summed E-state index contributed by atoms with van der Waals surface area (Å²) in [6.07, 6.45) is -4.48. The molecule has 3 unspecified atom stereocenters. The molecular formula is C20H21F5N4O3. The van der Waals surface area contributed by atoms with Gasteiger partial charge in [-0.05, 0) is 18.9 Å². The van der Waals surface area contributed by atoms with Gasteiger partial charge < -0.3 is 20.5 Å². The molecule has 0 saturated heterocycles. The number of urea groups is 1. The Morgan fingerprint density at radius 2 is 2.00 bits per heavy atom. The SMILES string of the molecule is CC1c2cc(F)cc(F)c2OC1[C@@H](NC(=O)NC1C=NC(C2CC(O)C2)=NC1)C(F)(F)F. The Kier molecular flexibility index (Phi) is 5.82. The molecule has 1 aromatic rings. The first kappa shape index (κ1) is 22.4. The number of alkyl halides is 3. The van der Waals surface area contributed by atoms with E-state index in [0.29, 0.717) is 24.7 Å². The highest BCUT2D eigenvalue weighted by Gasteiger charge is 2.52. The van der Waals surface area contributed by atoms with E-state index in [1.807, 2.05) is 5.32 Å². The highest BCUT2D eigenvalue weighted by atomic mass is 19.4. The van der Waals surface area contributed by atoms with Gasteiger partial charge in [-0.3, -0.25) is 4.99 Å². The van der Waals surface area contributed by atoms with Crippen molar-refractivity contribution in [2.75, 3.05) is 6.54 Å². The van der Waals surface area contributed by atoms with Gasteiger partial charge in [0.2, 0.25) is 0 Å². The van der Waals surface area contributed by atoms with Crippen molar-refractivity contribution in [3.8, 4) is 5.75 Å². The zero-order chi connectivity index (χ0) is 23.2. The molecule has 0 spiro atoms. The van der Waals surface area contributed by atoms with Gasteiger partial charge in [0.25, 0.3) is 0 Å². The minimum Gasteiger partial charge on any atom is -0.484 e. The maximum absolute atomic E-state index is 14.0. The second-order valence-electron chi connectivity index (χ2n) is 8.22. The summed E-state index contributed by atoms with van der Waals surface area (Å²) >= 11 is 0. The molecule has 0 radical (unpaired) electrons. The molecular weight excluding hydrogens is 439 g/mol. The lowest BCUT2D eigenvalue weighted by Crippen LogP contribution is -2.58. The van der Waals surface area contributed by atoms with Crippen molar-refractivity contribution in [2.24, 2.45) is 15.9 Å². The number of hydrogen-bond acceptors (Lipinski definition) is 5. The third-order valence-electron chi connectivity index (χ3n) is 5.87. The quantitative estimate of drug-likeness (QED) is 0.603. The number of rotatable bonds is 4. The molecule has 32 heavy (non-hydrogen) atoms. The Morgan fingerprint density at radius 3 is 2.59 bits per heavy atom. The normalized spacial score (nSPS) is 30.0. The predicted octanol–water partition coefficient (Wildman–Crippen LogP) is 2.68. The fourth-order valence-electron chi connectivity index (χ4n) is 4.08. The predicted molar refractivity (Wildman–Crippen MR) is 104 cm³/mol. The van der Waals surface area contributed by atoms with E-state index in [0.717, 1.165) is 6.07 Å². The first-order chi connectivity index (χ1) is 15.0. The number of benzene rings is 1. The lowest BCUT2D eigenvalue weighted by Gasteiger charge is -2.32. The molecule has 2 amide bonds. The van der Waals surface area contributed by atoms with Crippen molar-refractivity contribution in [3.63, 3.8) is 0 Å². The van der Waals surface area contributed by atoms with E-state index in [4.69, 9.17) is 4.74 Å². The number of fused-ring (bicyclic) bond motifs is 1. The monoisotopic (exact) mass is 460 g/mol. The van der Waals surface area contributed by atoms with E-state index in [1.165, 1.54) is 13.1 Å². The number of ether oxygens (including phenoxy) is 1. The van der Waals surface area contributed by atoms with Crippen LogP contribution in [0.4, 0.5) is 26.7 Å². The van der Waals surface area contributed by atoms with Gasteiger partial charge in [0, 0.05) is 29.7 Å². The molecule has 1 aromatic carbocycles. The van der Waals surface area contributed by atoms with Crippen LogP contribution in [0.5, 0.6) is 5.75 Å². The molecule has 174 valence electrons. The first-order valence-corrected chi connectivity index (χ1v) is 10.1. The summed E-state index contributed by atoms with van der Waals surface area (Å²) in [6, 6.07) is -2.86.